The number of halogens is 4. The van der Waals surface area contributed by atoms with Crippen LogP contribution in [0.2, 0.25) is 15.1 Å². The predicted molar refractivity (Wildman–Crippen MR) is 128 cm³/mol. The summed E-state index contributed by atoms with van der Waals surface area (Å²) in [6, 6.07) is 11.3. The molecular formula is C21H26Cl4N4. The zero-order chi connectivity index (χ0) is 19.9. The third kappa shape index (κ3) is 7.01. The van der Waals surface area contributed by atoms with Gasteiger partial charge in [0.1, 0.15) is 5.69 Å². The fraction of sp³-hybridized carbons (Fsp3) is 0.429. The molecule has 1 saturated heterocycles. The lowest BCUT2D eigenvalue weighted by atomic mass is 10.1. The topological polar surface area (TPSA) is 31.2 Å². The number of likely N-dealkylation sites (tertiary alicyclic amines) is 1. The van der Waals surface area contributed by atoms with Crippen molar-refractivity contribution < 1.29 is 0 Å². The van der Waals surface area contributed by atoms with Crippen LogP contribution < -0.4 is 4.90 Å². The minimum absolute atomic E-state index is 0. The van der Waals surface area contributed by atoms with E-state index in [2.05, 4.69) is 39.1 Å². The molecule has 8 heteroatoms. The zero-order valence-electron chi connectivity index (χ0n) is 16.5. The van der Waals surface area contributed by atoms with E-state index in [4.69, 9.17) is 34.8 Å². The second-order valence-electron chi connectivity index (χ2n) is 6.92. The summed E-state index contributed by atoms with van der Waals surface area (Å²) in [6.45, 7) is 7.77. The van der Waals surface area contributed by atoms with E-state index in [1.807, 2.05) is 12.1 Å². The van der Waals surface area contributed by atoms with Gasteiger partial charge in [0.05, 0.1) is 15.7 Å². The van der Waals surface area contributed by atoms with Crippen molar-refractivity contribution in [1.82, 2.24) is 4.90 Å². The van der Waals surface area contributed by atoms with Crippen LogP contribution in [0.5, 0.6) is 0 Å². The first-order chi connectivity index (χ1) is 13.6. The van der Waals surface area contributed by atoms with E-state index in [0.29, 0.717) is 20.8 Å². The van der Waals surface area contributed by atoms with Crippen LogP contribution in [-0.4, -0.2) is 37.6 Å². The van der Waals surface area contributed by atoms with Gasteiger partial charge in [-0.3, -0.25) is 0 Å². The number of azo groups is 1. The number of nitrogens with zero attached hydrogens (tertiary/aromatic N) is 4. The third-order valence-electron chi connectivity index (χ3n) is 4.98. The molecule has 0 atom stereocenters. The van der Waals surface area contributed by atoms with Crippen LogP contribution in [0.15, 0.2) is 46.6 Å². The number of benzene rings is 2. The highest BCUT2D eigenvalue weighted by molar-refractivity contribution is 6.41. The maximum Gasteiger partial charge on any atom is 0.123 e. The number of likely N-dealkylation sites (N-methyl/N-ethyl adjacent to an activating group) is 1. The molecule has 4 nitrogen and oxygen atoms in total. The Kier molecular flexibility index (Phi) is 10.0. The number of piperidine rings is 1. The molecule has 0 bridgehead atoms. The molecule has 1 fully saturated rings. The second-order valence-corrected chi connectivity index (χ2v) is 8.17. The van der Waals surface area contributed by atoms with Crippen molar-refractivity contribution >= 4 is 64.3 Å². The predicted octanol–water partition coefficient (Wildman–Crippen LogP) is 7.80. The molecule has 0 radical (unpaired) electrons. The van der Waals surface area contributed by atoms with Crippen LogP contribution in [0.25, 0.3) is 0 Å². The van der Waals surface area contributed by atoms with Crippen molar-refractivity contribution in [3.63, 3.8) is 0 Å². The lowest BCUT2D eigenvalue weighted by Gasteiger charge is -2.30. The third-order valence-corrected chi connectivity index (χ3v) is 5.77. The van der Waals surface area contributed by atoms with E-state index in [0.717, 1.165) is 25.3 Å². The first-order valence-electron chi connectivity index (χ1n) is 9.70. The molecule has 1 aliphatic rings. The summed E-state index contributed by atoms with van der Waals surface area (Å²) in [5, 5.41) is 9.69. The summed E-state index contributed by atoms with van der Waals surface area (Å²) in [6.07, 6.45) is 4.03. The zero-order valence-corrected chi connectivity index (χ0v) is 19.5. The summed E-state index contributed by atoms with van der Waals surface area (Å²) in [4.78, 5) is 4.96. The molecule has 2 aromatic carbocycles. The van der Waals surface area contributed by atoms with Gasteiger partial charge in [0.15, 0.2) is 0 Å². The van der Waals surface area contributed by atoms with Gasteiger partial charge in [0.2, 0.25) is 0 Å². The summed E-state index contributed by atoms with van der Waals surface area (Å²) < 4.78 is 0. The highest BCUT2D eigenvalue weighted by Crippen LogP contribution is 2.37. The molecule has 3 rings (SSSR count). The molecule has 0 aliphatic carbocycles. The van der Waals surface area contributed by atoms with Gasteiger partial charge in [-0.2, -0.15) is 5.11 Å². The molecular weight excluding hydrogens is 450 g/mol. The lowest BCUT2D eigenvalue weighted by Crippen LogP contribution is -2.37. The van der Waals surface area contributed by atoms with E-state index in [-0.39, 0.29) is 12.4 Å². The first kappa shape index (κ1) is 24.2. The van der Waals surface area contributed by atoms with Crippen molar-refractivity contribution in [1.29, 1.82) is 0 Å². The molecule has 158 valence electrons. The highest BCUT2D eigenvalue weighted by Gasteiger charge is 2.12. The Balaban J connectivity index is 0.00000300. The van der Waals surface area contributed by atoms with E-state index in [1.54, 1.807) is 12.1 Å². The Morgan fingerprint density at radius 2 is 1.55 bits per heavy atom. The van der Waals surface area contributed by atoms with Crippen molar-refractivity contribution in [3.8, 4) is 0 Å². The summed E-state index contributed by atoms with van der Waals surface area (Å²) in [7, 11) is 0. The fourth-order valence-electron chi connectivity index (χ4n) is 3.38. The van der Waals surface area contributed by atoms with Crippen LogP contribution in [0.4, 0.5) is 17.1 Å². The number of hydrogen-bond acceptors (Lipinski definition) is 4. The summed E-state index contributed by atoms with van der Waals surface area (Å²) in [5.41, 5.74) is 2.37. The second kappa shape index (κ2) is 12.0. The van der Waals surface area contributed by atoms with Gasteiger partial charge in [-0.25, -0.2) is 0 Å². The van der Waals surface area contributed by atoms with Gasteiger partial charge in [-0.05, 0) is 69.3 Å². The summed E-state index contributed by atoms with van der Waals surface area (Å²) in [5.74, 6) is 0. The van der Waals surface area contributed by atoms with Crippen molar-refractivity contribution in [2.24, 2.45) is 10.2 Å². The summed E-state index contributed by atoms with van der Waals surface area (Å²) >= 11 is 18.2. The largest absolute Gasteiger partial charge is 0.371 e. The molecule has 0 aromatic heterocycles. The van der Waals surface area contributed by atoms with E-state index >= 15 is 0 Å². The van der Waals surface area contributed by atoms with Crippen LogP contribution in [0, 0.1) is 0 Å². The molecule has 0 unspecified atom stereocenters. The molecule has 1 aliphatic heterocycles. The first-order valence-corrected chi connectivity index (χ1v) is 10.8. The van der Waals surface area contributed by atoms with Gasteiger partial charge in [0.25, 0.3) is 0 Å². The Morgan fingerprint density at radius 3 is 2.14 bits per heavy atom. The molecule has 0 saturated carbocycles. The van der Waals surface area contributed by atoms with Gasteiger partial charge in [0, 0.05) is 30.3 Å². The minimum Gasteiger partial charge on any atom is -0.371 e. The maximum absolute atomic E-state index is 6.15. The van der Waals surface area contributed by atoms with Crippen molar-refractivity contribution in [2.45, 2.75) is 26.2 Å². The molecule has 0 amide bonds. The van der Waals surface area contributed by atoms with E-state index < -0.39 is 0 Å². The van der Waals surface area contributed by atoms with Gasteiger partial charge >= 0.3 is 0 Å². The number of rotatable bonds is 7. The van der Waals surface area contributed by atoms with Crippen LogP contribution in [0.3, 0.4) is 0 Å². The van der Waals surface area contributed by atoms with Gasteiger partial charge < -0.3 is 9.80 Å². The quantitative estimate of drug-likeness (QED) is 0.382. The Labute approximate surface area is 194 Å². The van der Waals surface area contributed by atoms with Crippen LogP contribution in [-0.2, 0) is 0 Å². The van der Waals surface area contributed by atoms with Crippen LogP contribution in [0.1, 0.15) is 26.2 Å². The highest BCUT2D eigenvalue weighted by atomic mass is 35.5. The number of hydrogen-bond donors (Lipinski definition) is 0. The molecule has 0 N–H and O–H groups in total. The smallest absolute Gasteiger partial charge is 0.123 e. The monoisotopic (exact) mass is 474 g/mol. The Bertz CT molecular complexity index is 782. The SMILES string of the molecule is CCN(CCN1CCCCC1)c1ccc(N=Nc2c(Cl)cc(Cl)cc2Cl)cc1.Cl. The maximum atomic E-state index is 6.15. The van der Waals surface area contributed by atoms with E-state index in [9.17, 15) is 0 Å². The minimum atomic E-state index is 0. The Morgan fingerprint density at radius 1 is 0.931 bits per heavy atom. The average Bonchev–Trinajstić information content (AvgIpc) is 2.69. The van der Waals surface area contributed by atoms with Crippen molar-refractivity contribution in [3.05, 3.63) is 51.5 Å². The van der Waals surface area contributed by atoms with Gasteiger partial charge in [-0.15, -0.1) is 17.5 Å². The van der Waals surface area contributed by atoms with Crippen molar-refractivity contribution in [2.75, 3.05) is 37.6 Å². The van der Waals surface area contributed by atoms with E-state index in [1.165, 1.54) is 38.0 Å². The Hall–Kier alpha value is -1.04. The standard InChI is InChI=1S/C21H25Cl3N4.ClH/c1-2-28(13-12-27-10-4-3-5-11-27)18-8-6-17(7-9-18)25-26-21-19(23)14-16(22)15-20(21)24;/h6-9,14-15H,2-5,10-13H2,1H3;1H. The normalized spacial score (nSPS) is 14.8. The van der Waals surface area contributed by atoms with Gasteiger partial charge in [-0.1, -0.05) is 41.2 Å². The molecule has 2 aromatic rings. The fourth-order valence-corrected chi connectivity index (χ4v) is 4.28. The molecule has 29 heavy (non-hydrogen) atoms. The molecule has 1 heterocycles. The van der Waals surface area contributed by atoms with Crippen LogP contribution >= 0.6 is 47.2 Å². The molecule has 0 spiro atoms. The average molecular weight is 476 g/mol. The lowest BCUT2D eigenvalue weighted by molar-refractivity contribution is 0.233. The number of anilines is 1.